The van der Waals surface area contributed by atoms with E-state index in [0.29, 0.717) is 17.9 Å². The molecule has 0 aromatic heterocycles. The molecule has 0 spiro atoms. The Kier molecular flexibility index (Phi) is 6.34. The number of piperidine rings is 1. The van der Waals surface area contributed by atoms with E-state index in [4.69, 9.17) is 4.74 Å². The number of fused-ring (bicyclic) bond motifs is 1. The smallest absolute Gasteiger partial charge is 0.228 e. The van der Waals surface area contributed by atoms with Gasteiger partial charge >= 0.3 is 0 Å². The van der Waals surface area contributed by atoms with E-state index >= 15 is 0 Å². The summed E-state index contributed by atoms with van der Waals surface area (Å²) in [6.45, 7) is 11.3. The van der Waals surface area contributed by atoms with Gasteiger partial charge in [-0.1, -0.05) is 36.8 Å². The van der Waals surface area contributed by atoms with Crippen LogP contribution in [-0.2, 0) is 16.0 Å². The van der Waals surface area contributed by atoms with Crippen LogP contribution in [0, 0.1) is 18.3 Å². The molecule has 0 radical (unpaired) electrons. The predicted octanol–water partition coefficient (Wildman–Crippen LogP) is 3.40. The molecule has 2 aliphatic carbocycles. The van der Waals surface area contributed by atoms with Gasteiger partial charge in [0.1, 0.15) is 0 Å². The number of benzene rings is 1. The van der Waals surface area contributed by atoms with E-state index in [1.54, 1.807) is 0 Å². The number of carbonyl (C=O) groups is 1. The SMILES string of the molecule is CCN1CC[C@@H]2C[C@@H](N3CCOCC3)CC[C@@]2(C(=O)NC2(Cc3ccc(C)cc3)CC2)C1. The number of likely N-dealkylation sites (tertiary alicyclic amines) is 1. The average Bonchev–Trinajstić information content (AvgIpc) is 3.59. The predicted molar refractivity (Wildman–Crippen MR) is 128 cm³/mol. The number of nitrogens with one attached hydrogen (secondary N) is 1. The quantitative estimate of drug-likeness (QED) is 0.738. The maximum Gasteiger partial charge on any atom is 0.228 e. The van der Waals surface area contributed by atoms with Gasteiger partial charge in [0.15, 0.2) is 0 Å². The minimum Gasteiger partial charge on any atom is -0.379 e. The van der Waals surface area contributed by atoms with Crippen molar-refractivity contribution in [3.05, 3.63) is 35.4 Å². The molecule has 5 nitrogen and oxygen atoms in total. The van der Waals surface area contributed by atoms with Gasteiger partial charge in [0.25, 0.3) is 0 Å². The van der Waals surface area contributed by atoms with Crippen molar-refractivity contribution in [2.45, 2.75) is 70.4 Å². The molecule has 2 saturated heterocycles. The largest absolute Gasteiger partial charge is 0.379 e. The molecular weight excluding hydrogens is 398 g/mol. The highest BCUT2D eigenvalue weighted by Gasteiger charge is 2.55. The Morgan fingerprint density at radius 1 is 1.09 bits per heavy atom. The molecular formula is C27H41N3O2. The van der Waals surface area contributed by atoms with Gasteiger partial charge in [-0.15, -0.1) is 0 Å². The summed E-state index contributed by atoms with van der Waals surface area (Å²) >= 11 is 0. The lowest BCUT2D eigenvalue weighted by molar-refractivity contribution is -0.146. The zero-order chi connectivity index (χ0) is 22.2. The van der Waals surface area contributed by atoms with Crippen LogP contribution in [0.5, 0.6) is 0 Å². The maximum absolute atomic E-state index is 14.0. The third-order valence-electron chi connectivity index (χ3n) is 8.92. The Labute approximate surface area is 193 Å². The molecule has 1 aromatic carbocycles. The summed E-state index contributed by atoms with van der Waals surface area (Å²) in [5.74, 6) is 0.854. The molecule has 5 rings (SSSR count). The number of hydrogen-bond donors (Lipinski definition) is 1. The highest BCUT2D eigenvalue weighted by molar-refractivity contribution is 5.84. The minimum atomic E-state index is -0.208. The van der Waals surface area contributed by atoms with Crippen LogP contribution < -0.4 is 5.32 Å². The van der Waals surface area contributed by atoms with Crippen LogP contribution in [-0.4, -0.2) is 73.2 Å². The van der Waals surface area contributed by atoms with E-state index in [9.17, 15) is 4.79 Å². The van der Waals surface area contributed by atoms with Crippen LogP contribution in [0.1, 0.15) is 56.6 Å². The second kappa shape index (κ2) is 9.08. The Morgan fingerprint density at radius 3 is 2.53 bits per heavy atom. The van der Waals surface area contributed by atoms with Crippen molar-refractivity contribution >= 4 is 5.91 Å². The van der Waals surface area contributed by atoms with Crippen LogP contribution in [0.25, 0.3) is 0 Å². The molecule has 2 heterocycles. The lowest BCUT2D eigenvalue weighted by Gasteiger charge is -2.53. The van der Waals surface area contributed by atoms with E-state index in [0.717, 1.165) is 84.5 Å². The van der Waals surface area contributed by atoms with Gasteiger partial charge in [-0.25, -0.2) is 0 Å². The zero-order valence-electron chi connectivity index (χ0n) is 20.1. The first-order valence-corrected chi connectivity index (χ1v) is 12.9. The van der Waals surface area contributed by atoms with Crippen LogP contribution in [0.4, 0.5) is 0 Å². The van der Waals surface area contributed by atoms with Crippen molar-refractivity contribution in [2.24, 2.45) is 11.3 Å². The fraction of sp³-hybridized carbons (Fsp3) is 0.741. The van der Waals surface area contributed by atoms with Gasteiger partial charge < -0.3 is 15.0 Å². The Balaban J connectivity index is 1.30. The summed E-state index contributed by atoms with van der Waals surface area (Å²) in [7, 11) is 0. The number of carbonyl (C=O) groups excluding carboxylic acids is 1. The van der Waals surface area contributed by atoms with Crippen molar-refractivity contribution in [3.63, 3.8) is 0 Å². The number of morpholine rings is 1. The van der Waals surface area contributed by atoms with Gasteiger partial charge in [0.05, 0.1) is 18.6 Å². The van der Waals surface area contributed by atoms with E-state index in [1.165, 1.54) is 17.5 Å². The lowest BCUT2D eigenvalue weighted by Crippen LogP contribution is -2.62. The third kappa shape index (κ3) is 4.49. The minimum absolute atomic E-state index is 0.0127. The molecule has 2 aliphatic heterocycles. The third-order valence-corrected chi connectivity index (χ3v) is 8.92. The molecule has 4 aliphatic rings. The highest BCUT2D eigenvalue weighted by atomic mass is 16.5. The summed E-state index contributed by atoms with van der Waals surface area (Å²) in [4.78, 5) is 19.2. The van der Waals surface area contributed by atoms with Gasteiger partial charge in [-0.05, 0) is 76.4 Å². The van der Waals surface area contributed by atoms with Gasteiger partial charge in [0.2, 0.25) is 5.91 Å². The van der Waals surface area contributed by atoms with E-state index in [1.807, 2.05) is 0 Å². The van der Waals surface area contributed by atoms with E-state index < -0.39 is 0 Å². The van der Waals surface area contributed by atoms with Crippen molar-refractivity contribution in [3.8, 4) is 0 Å². The molecule has 0 unspecified atom stereocenters. The molecule has 5 heteroatoms. The van der Waals surface area contributed by atoms with E-state index in [-0.39, 0.29) is 11.0 Å². The lowest BCUT2D eigenvalue weighted by atomic mass is 9.60. The second-order valence-corrected chi connectivity index (χ2v) is 11.0. The molecule has 1 aromatic rings. The zero-order valence-corrected chi connectivity index (χ0v) is 20.1. The second-order valence-electron chi connectivity index (χ2n) is 11.0. The van der Waals surface area contributed by atoms with Gasteiger partial charge in [0, 0.05) is 31.2 Å². The summed E-state index contributed by atoms with van der Waals surface area (Å²) in [6.07, 6.45) is 7.70. The fourth-order valence-corrected chi connectivity index (χ4v) is 6.59. The Morgan fingerprint density at radius 2 is 1.84 bits per heavy atom. The van der Waals surface area contributed by atoms with Crippen molar-refractivity contribution in [1.29, 1.82) is 0 Å². The molecule has 0 bridgehead atoms. The topological polar surface area (TPSA) is 44.8 Å². The molecule has 176 valence electrons. The number of ether oxygens (including phenoxy) is 1. The van der Waals surface area contributed by atoms with Crippen LogP contribution in [0.15, 0.2) is 24.3 Å². The molecule has 1 N–H and O–H groups in total. The van der Waals surface area contributed by atoms with Gasteiger partial charge in [-0.2, -0.15) is 0 Å². The van der Waals surface area contributed by atoms with Crippen molar-refractivity contribution in [2.75, 3.05) is 45.9 Å². The summed E-state index contributed by atoms with van der Waals surface area (Å²) in [5, 5.41) is 3.63. The van der Waals surface area contributed by atoms with Crippen LogP contribution in [0.3, 0.4) is 0 Å². The monoisotopic (exact) mass is 439 g/mol. The molecule has 2 saturated carbocycles. The normalized spacial score (nSPS) is 32.8. The highest BCUT2D eigenvalue weighted by Crippen LogP contribution is 2.49. The summed E-state index contributed by atoms with van der Waals surface area (Å²) in [5.41, 5.74) is 2.42. The van der Waals surface area contributed by atoms with Crippen molar-refractivity contribution in [1.82, 2.24) is 15.1 Å². The summed E-state index contributed by atoms with van der Waals surface area (Å²) in [6, 6.07) is 9.47. The molecule has 1 amide bonds. The number of hydrogen-bond acceptors (Lipinski definition) is 4. The number of amides is 1. The molecule has 4 fully saturated rings. The Hall–Kier alpha value is -1.43. The molecule has 3 atom stereocenters. The van der Waals surface area contributed by atoms with Crippen LogP contribution >= 0.6 is 0 Å². The average molecular weight is 440 g/mol. The van der Waals surface area contributed by atoms with Gasteiger partial charge in [-0.3, -0.25) is 9.69 Å². The Bertz CT molecular complexity index is 800. The number of rotatable bonds is 6. The number of aryl methyl sites for hydroxylation is 1. The molecule has 32 heavy (non-hydrogen) atoms. The first-order chi connectivity index (χ1) is 15.5. The van der Waals surface area contributed by atoms with E-state index in [2.05, 4.69) is 53.2 Å². The first kappa shape index (κ1) is 22.4. The van der Waals surface area contributed by atoms with Crippen LogP contribution in [0.2, 0.25) is 0 Å². The van der Waals surface area contributed by atoms with Crippen molar-refractivity contribution < 1.29 is 9.53 Å². The fourth-order valence-electron chi connectivity index (χ4n) is 6.59. The first-order valence-electron chi connectivity index (χ1n) is 12.9. The maximum atomic E-state index is 14.0. The number of nitrogens with zero attached hydrogens (tertiary/aromatic N) is 2. The summed E-state index contributed by atoms with van der Waals surface area (Å²) < 4.78 is 5.59. The standard InChI is InChI=1S/C27H41N3O2/c1-3-29-13-9-23-18-24(30-14-16-32-17-15-30)8-10-27(23,20-29)25(31)28-26(11-12-26)19-22-6-4-21(2)5-7-22/h4-7,23-24H,3,8-20H2,1-2H3,(H,28,31)/t23-,24+,27-/m1/s1.